The molecule has 112 valence electrons. The van der Waals surface area contributed by atoms with Crippen LogP contribution in [-0.2, 0) is 16.6 Å². The first kappa shape index (κ1) is 15.7. The van der Waals surface area contributed by atoms with Gasteiger partial charge in [-0.15, -0.1) is 11.3 Å². The van der Waals surface area contributed by atoms with Gasteiger partial charge in [0.25, 0.3) is 0 Å². The van der Waals surface area contributed by atoms with Crippen molar-refractivity contribution >= 4 is 27.3 Å². The quantitative estimate of drug-likeness (QED) is 0.885. The summed E-state index contributed by atoms with van der Waals surface area (Å²) in [7, 11) is -3.75. The summed E-state index contributed by atoms with van der Waals surface area (Å²) in [4.78, 5) is 11.9. The van der Waals surface area contributed by atoms with Gasteiger partial charge in [0.15, 0.2) is 0 Å². The van der Waals surface area contributed by atoms with Crippen molar-refractivity contribution in [2.24, 2.45) is 0 Å². The second kappa shape index (κ2) is 5.97. The van der Waals surface area contributed by atoms with Crippen molar-refractivity contribution in [1.29, 1.82) is 0 Å². The second-order valence-electron chi connectivity index (χ2n) is 4.64. The van der Waals surface area contributed by atoms with E-state index in [9.17, 15) is 13.2 Å². The molecule has 0 amide bonds. The molecule has 7 heteroatoms. The molecule has 1 heterocycles. The molecule has 21 heavy (non-hydrogen) atoms. The molecule has 0 fully saturated rings. The van der Waals surface area contributed by atoms with Gasteiger partial charge in [-0.1, -0.05) is 6.07 Å². The Labute approximate surface area is 127 Å². The summed E-state index contributed by atoms with van der Waals surface area (Å²) in [6.45, 7) is 3.75. The molecule has 0 radical (unpaired) electrons. The minimum atomic E-state index is -3.75. The molecule has 5 nitrogen and oxygen atoms in total. The highest BCUT2D eigenvalue weighted by molar-refractivity contribution is 7.89. The standard InChI is InChI=1S/C14H15NO4S2/c1-9-5-6-20-12(9)8-15-21(18,19)13-7-11(14(16)17)4-3-10(13)2/h3-7,15H,8H2,1-2H3,(H,16,17). The molecule has 2 rings (SSSR count). The second-order valence-corrected chi connectivity index (χ2v) is 7.37. The van der Waals surface area contributed by atoms with Gasteiger partial charge < -0.3 is 5.11 Å². The molecule has 1 aromatic carbocycles. The number of hydrogen-bond acceptors (Lipinski definition) is 4. The molecule has 0 spiro atoms. The van der Waals surface area contributed by atoms with Gasteiger partial charge in [0, 0.05) is 11.4 Å². The van der Waals surface area contributed by atoms with Gasteiger partial charge in [-0.2, -0.15) is 0 Å². The van der Waals surface area contributed by atoms with Crippen molar-refractivity contribution in [2.75, 3.05) is 0 Å². The Morgan fingerprint density at radius 2 is 1.95 bits per heavy atom. The number of hydrogen-bond donors (Lipinski definition) is 2. The number of rotatable bonds is 5. The van der Waals surface area contributed by atoms with Crippen LogP contribution in [0.1, 0.15) is 26.4 Å². The monoisotopic (exact) mass is 325 g/mol. The van der Waals surface area contributed by atoms with Gasteiger partial charge in [0.05, 0.1) is 10.5 Å². The van der Waals surface area contributed by atoms with Crippen LogP contribution >= 0.6 is 11.3 Å². The third-order valence-electron chi connectivity index (χ3n) is 3.12. The smallest absolute Gasteiger partial charge is 0.335 e. The van der Waals surface area contributed by atoms with Crippen LogP contribution in [0, 0.1) is 13.8 Å². The molecule has 0 aliphatic carbocycles. The zero-order valence-electron chi connectivity index (χ0n) is 11.6. The first-order valence-corrected chi connectivity index (χ1v) is 8.54. The summed E-state index contributed by atoms with van der Waals surface area (Å²) >= 11 is 1.48. The molecule has 0 saturated heterocycles. The van der Waals surface area contributed by atoms with E-state index < -0.39 is 16.0 Å². The lowest BCUT2D eigenvalue weighted by Crippen LogP contribution is -2.24. The zero-order valence-corrected chi connectivity index (χ0v) is 13.2. The van der Waals surface area contributed by atoms with Gasteiger partial charge in [0.1, 0.15) is 0 Å². The minimum absolute atomic E-state index is 0.00314. The van der Waals surface area contributed by atoms with Gasteiger partial charge in [-0.05, 0) is 48.6 Å². The number of benzene rings is 1. The molecule has 0 unspecified atom stereocenters. The topological polar surface area (TPSA) is 83.5 Å². The SMILES string of the molecule is Cc1ccc(C(=O)O)cc1S(=O)(=O)NCc1sccc1C. The fourth-order valence-electron chi connectivity index (χ4n) is 1.85. The number of carboxylic acids is 1. The summed E-state index contributed by atoms with van der Waals surface area (Å²) in [6, 6.07) is 5.99. The summed E-state index contributed by atoms with van der Waals surface area (Å²) in [5.41, 5.74) is 1.49. The van der Waals surface area contributed by atoms with E-state index in [0.29, 0.717) is 5.56 Å². The van der Waals surface area contributed by atoms with Crippen LogP contribution in [0.3, 0.4) is 0 Å². The molecule has 0 bridgehead atoms. The first-order chi connectivity index (χ1) is 9.81. The number of carbonyl (C=O) groups is 1. The van der Waals surface area contributed by atoms with E-state index in [-0.39, 0.29) is 17.0 Å². The minimum Gasteiger partial charge on any atom is -0.478 e. The molecule has 1 aromatic heterocycles. The number of sulfonamides is 1. The lowest BCUT2D eigenvalue weighted by molar-refractivity contribution is 0.0696. The fraction of sp³-hybridized carbons (Fsp3) is 0.214. The predicted molar refractivity (Wildman–Crippen MR) is 81.2 cm³/mol. The van der Waals surface area contributed by atoms with Crippen molar-refractivity contribution in [3.63, 3.8) is 0 Å². The average molecular weight is 325 g/mol. The number of nitrogens with one attached hydrogen (secondary N) is 1. The van der Waals surface area contributed by atoms with Crippen LogP contribution in [0.5, 0.6) is 0 Å². The maximum atomic E-state index is 12.3. The summed E-state index contributed by atoms with van der Waals surface area (Å²) in [5.74, 6) is -1.15. The third kappa shape index (κ3) is 3.49. The Balaban J connectivity index is 2.29. The Bertz CT molecular complexity index is 778. The van der Waals surface area contributed by atoms with Crippen molar-refractivity contribution in [1.82, 2.24) is 4.72 Å². The molecule has 0 atom stereocenters. The predicted octanol–water partition coefficient (Wildman–Crippen LogP) is 2.54. The molecule has 0 saturated carbocycles. The largest absolute Gasteiger partial charge is 0.478 e. The maximum Gasteiger partial charge on any atom is 0.335 e. The maximum absolute atomic E-state index is 12.3. The van der Waals surface area contributed by atoms with Crippen LogP contribution in [0.15, 0.2) is 34.5 Å². The summed E-state index contributed by atoms with van der Waals surface area (Å²) in [5, 5.41) is 10.9. The van der Waals surface area contributed by atoms with E-state index in [1.54, 1.807) is 6.92 Å². The lowest BCUT2D eigenvalue weighted by atomic mass is 10.1. The van der Waals surface area contributed by atoms with E-state index in [0.717, 1.165) is 10.4 Å². The Hall–Kier alpha value is -1.70. The van der Waals surface area contributed by atoms with Gasteiger partial charge in [-0.25, -0.2) is 17.9 Å². The molecule has 2 aromatic rings. The number of thiophene rings is 1. The first-order valence-electron chi connectivity index (χ1n) is 6.18. The van der Waals surface area contributed by atoms with E-state index in [1.807, 2.05) is 18.4 Å². The molecular formula is C14H15NO4S2. The van der Waals surface area contributed by atoms with Crippen LogP contribution in [0.25, 0.3) is 0 Å². The zero-order chi connectivity index (χ0) is 15.6. The highest BCUT2D eigenvalue weighted by atomic mass is 32.2. The molecule has 2 N–H and O–H groups in total. The summed E-state index contributed by atoms with van der Waals surface area (Å²) < 4.78 is 27.2. The number of aromatic carboxylic acids is 1. The van der Waals surface area contributed by atoms with Crippen molar-refractivity contribution < 1.29 is 18.3 Å². The van der Waals surface area contributed by atoms with E-state index >= 15 is 0 Å². The van der Waals surface area contributed by atoms with Crippen molar-refractivity contribution in [2.45, 2.75) is 25.3 Å². The van der Waals surface area contributed by atoms with Gasteiger partial charge in [0.2, 0.25) is 10.0 Å². The molecule has 0 aliphatic heterocycles. The van der Waals surface area contributed by atoms with Crippen molar-refractivity contribution in [3.8, 4) is 0 Å². The lowest BCUT2D eigenvalue weighted by Gasteiger charge is -2.10. The Morgan fingerprint density at radius 1 is 1.24 bits per heavy atom. The fourth-order valence-corrected chi connectivity index (χ4v) is 4.05. The van der Waals surface area contributed by atoms with Crippen LogP contribution in [-0.4, -0.2) is 19.5 Å². The number of aryl methyl sites for hydroxylation is 2. The molecular weight excluding hydrogens is 310 g/mol. The third-order valence-corrected chi connectivity index (χ3v) is 5.68. The highest BCUT2D eigenvalue weighted by Crippen LogP contribution is 2.19. The van der Waals surface area contributed by atoms with Crippen LogP contribution in [0.4, 0.5) is 0 Å². The van der Waals surface area contributed by atoms with Crippen LogP contribution < -0.4 is 4.72 Å². The van der Waals surface area contributed by atoms with E-state index in [1.165, 1.54) is 29.5 Å². The average Bonchev–Trinajstić information content (AvgIpc) is 2.82. The van der Waals surface area contributed by atoms with Gasteiger partial charge >= 0.3 is 5.97 Å². The Kier molecular flexibility index (Phi) is 4.46. The van der Waals surface area contributed by atoms with Crippen molar-refractivity contribution in [3.05, 3.63) is 51.2 Å². The molecule has 0 aliphatic rings. The van der Waals surface area contributed by atoms with Crippen LogP contribution in [0.2, 0.25) is 0 Å². The van der Waals surface area contributed by atoms with Gasteiger partial charge in [-0.3, -0.25) is 0 Å². The van der Waals surface area contributed by atoms with E-state index in [4.69, 9.17) is 5.11 Å². The van der Waals surface area contributed by atoms with E-state index in [2.05, 4.69) is 4.72 Å². The summed E-state index contributed by atoms with van der Waals surface area (Å²) in [6.07, 6.45) is 0. The highest BCUT2D eigenvalue weighted by Gasteiger charge is 2.19. The normalized spacial score (nSPS) is 11.5. The number of carboxylic acid groups (broad SMARTS) is 1. The Morgan fingerprint density at radius 3 is 2.52 bits per heavy atom.